The van der Waals surface area contributed by atoms with Crippen LogP contribution in [0.1, 0.15) is 50.3 Å². The molecular formula is C18H26O. The first kappa shape index (κ1) is 15.6. The third kappa shape index (κ3) is 5.39. The molecule has 1 rings (SSSR count). The van der Waals surface area contributed by atoms with Gasteiger partial charge in [-0.1, -0.05) is 38.5 Å². The minimum absolute atomic E-state index is 0.549. The second-order valence-electron chi connectivity index (χ2n) is 5.48. The van der Waals surface area contributed by atoms with Crippen molar-refractivity contribution in [3.05, 3.63) is 28.8 Å². The molecule has 0 saturated carbocycles. The zero-order valence-electron chi connectivity index (χ0n) is 13.0. The summed E-state index contributed by atoms with van der Waals surface area (Å²) in [6, 6.07) is 4.42. The van der Waals surface area contributed by atoms with Gasteiger partial charge in [-0.05, 0) is 37.3 Å². The Bertz CT molecular complexity index is 461. The highest BCUT2D eigenvalue weighted by atomic mass is 16.5. The number of ether oxygens (including phenoxy) is 1. The van der Waals surface area contributed by atoms with E-state index in [2.05, 4.69) is 58.6 Å². The SMILES string of the molecule is CCC#CCCc1cc(C)cc(C)c1OCC(C)C. The van der Waals surface area contributed by atoms with Crippen LogP contribution in [0.15, 0.2) is 12.1 Å². The molecule has 0 aliphatic carbocycles. The van der Waals surface area contributed by atoms with Gasteiger partial charge in [-0.25, -0.2) is 0 Å². The monoisotopic (exact) mass is 258 g/mol. The molecule has 0 aliphatic rings. The second-order valence-corrected chi connectivity index (χ2v) is 5.48. The van der Waals surface area contributed by atoms with Crippen LogP contribution in [0.3, 0.4) is 0 Å². The average Bonchev–Trinajstić information content (AvgIpc) is 2.33. The highest BCUT2D eigenvalue weighted by Crippen LogP contribution is 2.27. The van der Waals surface area contributed by atoms with Crippen LogP contribution in [0.5, 0.6) is 5.75 Å². The van der Waals surface area contributed by atoms with Crippen molar-refractivity contribution < 1.29 is 4.74 Å². The quantitative estimate of drug-likeness (QED) is 0.696. The van der Waals surface area contributed by atoms with E-state index in [-0.39, 0.29) is 0 Å². The van der Waals surface area contributed by atoms with Crippen LogP contribution in [-0.4, -0.2) is 6.61 Å². The van der Waals surface area contributed by atoms with Crippen molar-refractivity contribution in [3.63, 3.8) is 0 Å². The fraction of sp³-hybridized carbons (Fsp3) is 0.556. The normalized spacial score (nSPS) is 10.2. The van der Waals surface area contributed by atoms with E-state index in [0.29, 0.717) is 5.92 Å². The van der Waals surface area contributed by atoms with E-state index in [1.807, 2.05) is 0 Å². The maximum atomic E-state index is 5.99. The van der Waals surface area contributed by atoms with Crippen LogP contribution >= 0.6 is 0 Å². The Morgan fingerprint density at radius 2 is 1.89 bits per heavy atom. The number of hydrogen-bond acceptors (Lipinski definition) is 1. The topological polar surface area (TPSA) is 9.23 Å². The van der Waals surface area contributed by atoms with Crippen LogP contribution in [0.2, 0.25) is 0 Å². The third-order valence-corrected chi connectivity index (χ3v) is 2.88. The Hall–Kier alpha value is -1.42. The molecule has 0 radical (unpaired) electrons. The smallest absolute Gasteiger partial charge is 0.125 e. The van der Waals surface area contributed by atoms with Gasteiger partial charge in [-0.3, -0.25) is 0 Å². The van der Waals surface area contributed by atoms with Crippen molar-refractivity contribution in [1.82, 2.24) is 0 Å². The Morgan fingerprint density at radius 3 is 2.53 bits per heavy atom. The molecule has 1 heteroatoms. The zero-order valence-corrected chi connectivity index (χ0v) is 13.0. The molecule has 0 fully saturated rings. The lowest BCUT2D eigenvalue weighted by atomic mass is 10.0. The van der Waals surface area contributed by atoms with Crippen LogP contribution < -0.4 is 4.74 Å². The number of hydrogen-bond donors (Lipinski definition) is 0. The average molecular weight is 258 g/mol. The number of rotatable bonds is 5. The summed E-state index contributed by atoms with van der Waals surface area (Å²) in [5, 5.41) is 0. The van der Waals surface area contributed by atoms with Crippen LogP contribution in [0.4, 0.5) is 0 Å². The predicted octanol–water partition coefficient (Wildman–Crippen LogP) is 4.68. The van der Waals surface area contributed by atoms with Crippen molar-refractivity contribution in [2.75, 3.05) is 6.61 Å². The molecule has 1 nitrogen and oxygen atoms in total. The van der Waals surface area contributed by atoms with E-state index in [4.69, 9.17) is 4.74 Å². The minimum atomic E-state index is 0.549. The molecular weight excluding hydrogens is 232 g/mol. The first-order chi connectivity index (χ1) is 9.04. The number of benzene rings is 1. The molecule has 0 aliphatic heterocycles. The lowest BCUT2D eigenvalue weighted by Crippen LogP contribution is -2.07. The standard InChI is InChI=1S/C18H26O/c1-6-7-8-9-10-17-12-15(4)11-16(5)18(17)19-13-14(2)3/h11-12,14H,6,9-10,13H2,1-5H3. The van der Waals surface area contributed by atoms with Crippen molar-refractivity contribution in [2.45, 2.75) is 53.9 Å². The van der Waals surface area contributed by atoms with Crippen LogP contribution in [0, 0.1) is 31.6 Å². The molecule has 19 heavy (non-hydrogen) atoms. The van der Waals surface area contributed by atoms with E-state index >= 15 is 0 Å². The Balaban J connectivity index is 2.86. The molecule has 1 aromatic carbocycles. The molecule has 1 aromatic rings. The Kier molecular flexibility index (Phi) is 6.50. The Morgan fingerprint density at radius 1 is 1.16 bits per heavy atom. The maximum Gasteiger partial charge on any atom is 0.125 e. The highest BCUT2D eigenvalue weighted by Gasteiger charge is 2.09. The molecule has 0 atom stereocenters. The molecule has 0 unspecified atom stereocenters. The van der Waals surface area contributed by atoms with Gasteiger partial charge < -0.3 is 4.74 Å². The van der Waals surface area contributed by atoms with Gasteiger partial charge in [0.1, 0.15) is 5.75 Å². The molecule has 0 aromatic heterocycles. The molecule has 0 bridgehead atoms. The van der Waals surface area contributed by atoms with Crippen molar-refractivity contribution in [2.24, 2.45) is 5.92 Å². The van der Waals surface area contributed by atoms with Gasteiger partial charge in [0.25, 0.3) is 0 Å². The van der Waals surface area contributed by atoms with Gasteiger partial charge in [0.05, 0.1) is 6.61 Å². The van der Waals surface area contributed by atoms with Crippen molar-refractivity contribution >= 4 is 0 Å². The molecule has 0 heterocycles. The number of aryl methyl sites for hydroxylation is 3. The van der Waals surface area contributed by atoms with Crippen LogP contribution in [-0.2, 0) is 6.42 Å². The van der Waals surface area contributed by atoms with E-state index in [1.165, 1.54) is 16.7 Å². The lowest BCUT2D eigenvalue weighted by Gasteiger charge is -2.16. The zero-order chi connectivity index (χ0) is 14.3. The van der Waals surface area contributed by atoms with Gasteiger partial charge >= 0.3 is 0 Å². The fourth-order valence-electron chi connectivity index (χ4n) is 2.10. The van der Waals surface area contributed by atoms with E-state index < -0.39 is 0 Å². The summed E-state index contributed by atoms with van der Waals surface area (Å²) < 4.78 is 5.99. The molecule has 104 valence electrons. The van der Waals surface area contributed by atoms with E-state index in [9.17, 15) is 0 Å². The fourth-order valence-corrected chi connectivity index (χ4v) is 2.10. The van der Waals surface area contributed by atoms with E-state index in [0.717, 1.165) is 31.6 Å². The summed E-state index contributed by atoms with van der Waals surface area (Å²) >= 11 is 0. The largest absolute Gasteiger partial charge is 0.493 e. The third-order valence-electron chi connectivity index (χ3n) is 2.88. The van der Waals surface area contributed by atoms with E-state index in [1.54, 1.807) is 0 Å². The minimum Gasteiger partial charge on any atom is -0.493 e. The second kappa shape index (κ2) is 7.89. The lowest BCUT2D eigenvalue weighted by molar-refractivity contribution is 0.267. The summed E-state index contributed by atoms with van der Waals surface area (Å²) in [4.78, 5) is 0. The molecule has 0 saturated heterocycles. The first-order valence-corrected chi connectivity index (χ1v) is 7.23. The van der Waals surface area contributed by atoms with Crippen molar-refractivity contribution in [3.8, 4) is 17.6 Å². The molecule has 0 amide bonds. The van der Waals surface area contributed by atoms with Gasteiger partial charge in [0.15, 0.2) is 0 Å². The molecule has 0 N–H and O–H groups in total. The first-order valence-electron chi connectivity index (χ1n) is 7.23. The maximum absolute atomic E-state index is 5.99. The highest BCUT2D eigenvalue weighted by molar-refractivity contribution is 5.44. The van der Waals surface area contributed by atoms with Gasteiger partial charge in [0, 0.05) is 12.8 Å². The van der Waals surface area contributed by atoms with Gasteiger partial charge in [-0.15, -0.1) is 11.8 Å². The summed E-state index contributed by atoms with van der Waals surface area (Å²) in [7, 11) is 0. The Labute approximate surface area is 118 Å². The predicted molar refractivity (Wildman–Crippen MR) is 82.6 cm³/mol. The summed E-state index contributed by atoms with van der Waals surface area (Å²) in [6.45, 7) is 11.5. The summed E-state index contributed by atoms with van der Waals surface area (Å²) in [5.74, 6) is 7.95. The van der Waals surface area contributed by atoms with Gasteiger partial charge in [-0.2, -0.15) is 0 Å². The van der Waals surface area contributed by atoms with Crippen molar-refractivity contribution in [1.29, 1.82) is 0 Å². The van der Waals surface area contributed by atoms with Gasteiger partial charge in [0.2, 0.25) is 0 Å². The molecule has 0 spiro atoms. The van der Waals surface area contributed by atoms with Crippen LogP contribution in [0.25, 0.3) is 0 Å². The summed E-state index contributed by atoms with van der Waals surface area (Å²) in [5.41, 5.74) is 3.83. The summed E-state index contributed by atoms with van der Waals surface area (Å²) in [6.07, 6.45) is 2.82.